The number of carbonyl (C=O) groups is 2. The first-order chi connectivity index (χ1) is 8.09. The fourth-order valence-corrected chi connectivity index (χ4v) is 1.73. The summed E-state index contributed by atoms with van der Waals surface area (Å²) in [6, 6.07) is -0.106. The highest BCUT2D eigenvalue weighted by Gasteiger charge is 2.16. The maximum atomic E-state index is 11.7. The van der Waals surface area contributed by atoms with Gasteiger partial charge in [0, 0.05) is 32.1 Å². The highest BCUT2D eigenvalue weighted by atomic mass is 16.5. The molecule has 0 radical (unpaired) electrons. The normalized spacial score (nSPS) is 17.8. The van der Waals surface area contributed by atoms with Crippen LogP contribution in [0.15, 0.2) is 0 Å². The van der Waals surface area contributed by atoms with E-state index in [1.54, 1.807) is 11.8 Å². The van der Waals surface area contributed by atoms with Crippen LogP contribution < -0.4 is 5.32 Å². The van der Waals surface area contributed by atoms with Crippen LogP contribution in [0.2, 0.25) is 0 Å². The lowest BCUT2D eigenvalue weighted by Gasteiger charge is -2.27. The van der Waals surface area contributed by atoms with Crippen molar-refractivity contribution in [1.29, 1.82) is 0 Å². The Labute approximate surface area is 101 Å². The second-order valence-electron chi connectivity index (χ2n) is 4.20. The standard InChI is InChI=1S/C11H20N2O4/c1-9(8-11(15)16)12-3-2-10(14)13-4-6-17-7-5-13/h9,12H,2-8H2,1H3,(H,15,16). The van der Waals surface area contributed by atoms with Crippen LogP contribution in [-0.4, -0.2) is 60.8 Å². The van der Waals surface area contributed by atoms with Gasteiger partial charge in [-0.15, -0.1) is 0 Å². The van der Waals surface area contributed by atoms with E-state index in [0.29, 0.717) is 39.3 Å². The second kappa shape index (κ2) is 7.24. The minimum absolute atomic E-state index is 0.0751. The van der Waals surface area contributed by atoms with Gasteiger partial charge in [-0.2, -0.15) is 0 Å². The number of carboxylic acid groups (broad SMARTS) is 1. The number of carboxylic acids is 1. The van der Waals surface area contributed by atoms with Crippen molar-refractivity contribution >= 4 is 11.9 Å². The Morgan fingerprint density at radius 3 is 2.65 bits per heavy atom. The van der Waals surface area contributed by atoms with Crippen LogP contribution in [0.1, 0.15) is 19.8 Å². The minimum Gasteiger partial charge on any atom is -0.481 e. The molecule has 0 aromatic carbocycles. The van der Waals surface area contributed by atoms with E-state index in [9.17, 15) is 9.59 Å². The van der Waals surface area contributed by atoms with Crippen LogP contribution in [0.3, 0.4) is 0 Å². The predicted molar refractivity (Wildman–Crippen MR) is 61.7 cm³/mol. The zero-order valence-corrected chi connectivity index (χ0v) is 10.1. The maximum Gasteiger partial charge on any atom is 0.304 e. The van der Waals surface area contributed by atoms with Gasteiger partial charge in [-0.1, -0.05) is 0 Å². The van der Waals surface area contributed by atoms with E-state index in [1.807, 2.05) is 0 Å². The number of nitrogens with one attached hydrogen (secondary N) is 1. The highest BCUT2D eigenvalue weighted by Crippen LogP contribution is 2.00. The first kappa shape index (κ1) is 13.9. The fraction of sp³-hybridized carbons (Fsp3) is 0.818. The molecule has 6 nitrogen and oxygen atoms in total. The molecule has 1 heterocycles. The van der Waals surface area contributed by atoms with Gasteiger partial charge in [0.2, 0.25) is 5.91 Å². The van der Waals surface area contributed by atoms with Crippen LogP contribution in [0.25, 0.3) is 0 Å². The number of amides is 1. The van der Waals surface area contributed by atoms with E-state index in [1.165, 1.54) is 0 Å². The van der Waals surface area contributed by atoms with Crippen molar-refractivity contribution in [3.05, 3.63) is 0 Å². The summed E-state index contributed by atoms with van der Waals surface area (Å²) in [7, 11) is 0. The van der Waals surface area contributed by atoms with Gasteiger partial charge in [0.05, 0.1) is 19.6 Å². The van der Waals surface area contributed by atoms with Gasteiger partial charge in [-0.05, 0) is 6.92 Å². The average molecular weight is 244 g/mol. The molecule has 1 aliphatic rings. The zero-order chi connectivity index (χ0) is 12.7. The molecule has 1 rings (SSSR count). The zero-order valence-electron chi connectivity index (χ0n) is 10.1. The summed E-state index contributed by atoms with van der Waals surface area (Å²) in [5.74, 6) is -0.729. The molecule has 0 aliphatic carbocycles. The van der Waals surface area contributed by atoms with Crippen molar-refractivity contribution in [3.8, 4) is 0 Å². The Morgan fingerprint density at radius 1 is 1.41 bits per heavy atom. The highest BCUT2D eigenvalue weighted by molar-refractivity contribution is 5.76. The molecule has 17 heavy (non-hydrogen) atoms. The minimum atomic E-state index is -0.829. The molecule has 1 amide bonds. The monoisotopic (exact) mass is 244 g/mol. The lowest BCUT2D eigenvalue weighted by atomic mass is 10.2. The molecule has 1 aliphatic heterocycles. The molecule has 0 bridgehead atoms. The molecule has 1 atom stereocenters. The molecular weight excluding hydrogens is 224 g/mol. The summed E-state index contributed by atoms with van der Waals surface area (Å²) in [6.07, 6.45) is 0.482. The topological polar surface area (TPSA) is 78.9 Å². The molecule has 1 fully saturated rings. The van der Waals surface area contributed by atoms with Gasteiger partial charge in [0.15, 0.2) is 0 Å². The molecule has 6 heteroatoms. The van der Waals surface area contributed by atoms with Crippen LogP contribution >= 0.6 is 0 Å². The van der Waals surface area contributed by atoms with Crippen LogP contribution in [0.4, 0.5) is 0 Å². The van der Waals surface area contributed by atoms with Crippen molar-refractivity contribution < 1.29 is 19.4 Å². The molecule has 0 aromatic heterocycles. The largest absolute Gasteiger partial charge is 0.481 e. The summed E-state index contributed by atoms with van der Waals surface area (Å²) < 4.78 is 5.16. The van der Waals surface area contributed by atoms with Crippen molar-refractivity contribution in [3.63, 3.8) is 0 Å². The number of ether oxygens (including phenoxy) is 1. The van der Waals surface area contributed by atoms with Gasteiger partial charge in [-0.25, -0.2) is 0 Å². The molecule has 1 unspecified atom stereocenters. The number of rotatable bonds is 6. The Bertz CT molecular complexity index is 264. The molecule has 98 valence electrons. The lowest BCUT2D eigenvalue weighted by Crippen LogP contribution is -2.42. The van der Waals surface area contributed by atoms with E-state index in [0.717, 1.165) is 0 Å². The molecule has 1 saturated heterocycles. The van der Waals surface area contributed by atoms with Gasteiger partial charge in [0.1, 0.15) is 0 Å². The lowest BCUT2D eigenvalue weighted by molar-refractivity contribution is -0.137. The quantitative estimate of drug-likeness (QED) is 0.670. The van der Waals surface area contributed by atoms with Crippen molar-refractivity contribution in [1.82, 2.24) is 10.2 Å². The SMILES string of the molecule is CC(CC(=O)O)NCCC(=O)N1CCOCC1. The van der Waals surface area contributed by atoms with Crippen LogP contribution in [0.5, 0.6) is 0 Å². The van der Waals surface area contributed by atoms with Gasteiger partial charge in [0.25, 0.3) is 0 Å². The number of hydrogen-bond donors (Lipinski definition) is 2. The number of morpholine rings is 1. The third kappa shape index (κ3) is 5.65. The third-order valence-electron chi connectivity index (χ3n) is 2.68. The van der Waals surface area contributed by atoms with Gasteiger partial charge < -0.3 is 20.1 Å². The van der Waals surface area contributed by atoms with Crippen molar-refractivity contribution in [2.24, 2.45) is 0 Å². The Hall–Kier alpha value is -1.14. The summed E-state index contributed by atoms with van der Waals surface area (Å²) >= 11 is 0. The molecular formula is C11H20N2O4. The number of hydrogen-bond acceptors (Lipinski definition) is 4. The summed E-state index contributed by atoms with van der Waals surface area (Å²) in [4.78, 5) is 23.9. The Balaban J connectivity index is 2.12. The fourth-order valence-electron chi connectivity index (χ4n) is 1.73. The smallest absolute Gasteiger partial charge is 0.304 e. The summed E-state index contributed by atoms with van der Waals surface area (Å²) in [5.41, 5.74) is 0. The molecule has 0 saturated carbocycles. The summed E-state index contributed by atoms with van der Waals surface area (Å²) in [5, 5.41) is 11.6. The van der Waals surface area contributed by atoms with E-state index in [-0.39, 0.29) is 18.4 Å². The maximum absolute atomic E-state index is 11.7. The van der Waals surface area contributed by atoms with Gasteiger partial charge >= 0.3 is 5.97 Å². The third-order valence-corrected chi connectivity index (χ3v) is 2.68. The van der Waals surface area contributed by atoms with E-state index < -0.39 is 5.97 Å². The van der Waals surface area contributed by atoms with Gasteiger partial charge in [-0.3, -0.25) is 9.59 Å². The first-order valence-corrected chi connectivity index (χ1v) is 5.90. The van der Waals surface area contributed by atoms with E-state index >= 15 is 0 Å². The Kier molecular flexibility index (Phi) is 5.93. The van der Waals surface area contributed by atoms with E-state index in [2.05, 4.69) is 5.32 Å². The second-order valence-corrected chi connectivity index (χ2v) is 4.20. The Morgan fingerprint density at radius 2 is 2.06 bits per heavy atom. The average Bonchev–Trinajstić information content (AvgIpc) is 2.29. The summed E-state index contributed by atoms with van der Waals surface area (Å²) in [6.45, 7) is 4.84. The molecule has 0 aromatic rings. The molecule has 2 N–H and O–H groups in total. The van der Waals surface area contributed by atoms with Crippen LogP contribution in [0, 0.1) is 0 Å². The first-order valence-electron chi connectivity index (χ1n) is 5.90. The van der Waals surface area contributed by atoms with Crippen molar-refractivity contribution in [2.45, 2.75) is 25.8 Å². The predicted octanol–water partition coefficient (Wildman–Crippen LogP) is -0.312. The number of nitrogens with zero attached hydrogens (tertiary/aromatic N) is 1. The van der Waals surface area contributed by atoms with Crippen molar-refractivity contribution in [2.75, 3.05) is 32.8 Å². The van der Waals surface area contributed by atoms with E-state index in [4.69, 9.17) is 9.84 Å². The number of aliphatic carboxylic acids is 1. The van der Waals surface area contributed by atoms with Crippen LogP contribution in [-0.2, 0) is 14.3 Å². The molecule has 0 spiro atoms. The number of carbonyl (C=O) groups excluding carboxylic acids is 1.